The summed E-state index contributed by atoms with van der Waals surface area (Å²) in [4.78, 5) is 0. The summed E-state index contributed by atoms with van der Waals surface area (Å²) in [5.41, 5.74) is 0.989. The van der Waals surface area contributed by atoms with Crippen molar-refractivity contribution in [1.82, 2.24) is 5.32 Å². The van der Waals surface area contributed by atoms with Crippen LogP contribution < -0.4 is 5.32 Å². The van der Waals surface area contributed by atoms with Crippen molar-refractivity contribution in [3.63, 3.8) is 0 Å². The van der Waals surface area contributed by atoms with Gasteiger partial charge in [0.25, 0.3) is 0 Å². The normalized spacial score (nSPS) is 36.4. The number of hydrogen-bond acceptors (Lipinski definition) is 1. The summed E-state index contributed by atoms with van der Waals surface area (Å²) in [6.07, 6.45) is 7.48. The quantitative estimate of drug-likeness (QED) is 0.746. The second kappa shape index (κ2) is 3.76. The molecule has 1 N–H and O–H groups in total. The van der Waals surface area contributed by atoms with Crippen LogP contribution in [0.2, 0.25) is 0 Å². The Labute approximate surface area is 95.0 Å². The fraction of sp³-hybridized carbons (Fsp3) is 1.00. The van der Waals surface area contributed by atoms with Crippen LogP contribution in [-0.2, 0) is 0 Å². The van der Waals surface area contributed by atoms with Crippen LogP contribution in [0.5, 0.6) is 0 Å². The lowest BCUT2D eigenvalue weighted by molar-refractivity contribution is 0.234. The van der Waals surface area contributed by atoms with Gasteiger partial charge in [-0.15, -0.1) is 0 Å². The molecule has 2 unspecified atom stereocenters. The van der Waals surface area contributed by atoms with Crippen molar-refractivity contribution in [1.29, 1.82) is 0 Å². The highest BCUT2D eigenvalue weighted by Gasteiger charge is 2.50. The molecule has 88 valence electrons. The van der Waals surface area contributed by atoms with Crippen LogP contribution in [0.25, 0.3) is 0 Å². The van der Waals surface area contributed by atoms with E-state index in [9.17, 15) is 0 Å². The molecule has 1 nitrogen and oxygen atoms in total. The predicted molar refractivity (Wildman–Crippen MR) is 65.9 cm³/mol. The molecule has 2 rings (SSSR count). The van der Waals surface area contributed by atoms with Gasteiger partial charge in [-0.3, -0.25) is 0 Å². The molecule has 0 saturated heterocycles. The van der Waals surface area contributed by atoms with E-state index in [1.165, 1.54) is 38.6 Å². The van der Waals surface area contributed by atoms with Crippen molar-refractivity contribution in [3.05, 3.63) is 0 Å². The van der Waals surface area contributed by atoms with Crippen LogP contribution in [0.3, 0.4) is 0 Å². The van der Waals surface area contributed by atoms with Gasteiger partial charge in [0.1, 0.15) is 0 Å². The molecule has 1 heteroatoms. The highest BCUT2D eigenvalue weighted by atomic mass is 15.0. The van der Waals surface area contributed by atoms with Crippen LogP contribution in [0.1, 0.15) is 59.8 Å². The van der Waals surface area contributed by atoms with Crippen LogP contribution in [0, 0.1) is 17.3 Å². The Hall–Kier alpha value is -0.0400. The Morgan fingerprint density at radius 3 is 2.40 bits per heavy atom. The second-order valence-electron chi connectivity index (χ2n) is 7.19. The maximum absolute atomic E-state index is 3.65. The fourth-order valence-corrected chi connectivity index (χ4v) is 2.86. The standard InChI is InChI=1S/C14H27N/c1-13(2,3)15-10-12-9-14(12,4)8-11-6-5-7-11/h11-12,15H,5-10H2,1-4H3. The maximum Gasteiger partial charge on any atom is 0.00966 e. The Morgan fingerprint density at radius 1 is 1.27 bits per heavy atom. The van der Waals surface area contributed by atoms with E-state index < -0.39 is 0 Å². The van der Waals surface area contributed by atoms with Crippen LogP contribution >= 0.6 is 0 Å². The van der Waals surface area contributed by atoms with Crippen LogP contribution in [-0.4, -0.2) is 12.1 Å². The Balaban J connectivity index is 1.69. The summed E-state index contributed by atoms with van der Waals surface area (Å²) in [6, 6.07) is 0. The summed E-state index contributed by atoms with van der Waals surface area (Å²) >= 11 is 0. The first-order valence-corrected chi connectivity index (χ1v) is 6.64. The molecule has 2 aliphatic rings. The van der Waals surface area contributed by atoms with E-state index in [1.54, 1.807) is 0 Å². The zero-order valence-electron chi connectivity index (χ0n) is 10.9. The highest BCUT2D eigenvalue weighted by Crippen LogP contribution is 2.58. The summed E-state index contributed by atoms with van der Waals surface area (Å²) in [7, 11) is 0. The zero-order chi connectivity index (χ0) is 11.1. The van der Waals surface area contributed by atoms with E-state index in [4.69, 9.17) is 0 Å². The first kappa shape index (κ1) is 11.4. The van der Waals surface area contributed by atoms with Crippen molar-refractivity contribution < 1.29 is 0 Å². The minimum Gasteiger partial charge on any atom is -0.312 e. The van der Waals surface area contributed by atoms with Crippen molar-refractivity contribution in [3.8, 4) is 0 Å². The van der Waals surface area contributed by atoms with Gasteiger partial charge >= 0.3 is 0 Å². The molecule has 2 aliphatic carbocycles. The topological polar surface area (TPSA) is 12.0 Å². The Morgan fingerprint density at radius 2 is 1.93 bits per heavy atom. The molecular weight excluding hydrogens is 182 g/mol. The van der Waals surface area contributed by atoms with E-state index in [0.717, 1.165) is 11.8 Å². The van der Waals surface area contributed by atoms with Gasteiger partial charge in [-0.05, 0) is 57.4 Å². The Bertz CT molecular complexity index is 224. The molecule has 0 radical (unpaired) electrons. The molecule has 0 aromatic carbocycles. The van der Waals surface area contributed by atoms with E-state index in [1.807, 2.05) is 0 Å². The smallest absolute Gasteiger partial charge is 0.00966 e. The van der Waals surface area contributed by atoms with Crippen LogP contribution in [0.4, 0.5) is 0 Å². The molecule has 2 fully saturated rings. The summed E-state index contributed by atoms with van der Waals surface area (Å²) in [6.45, 7) is 10.5. The second-order valence-corrected chi connectivity index (χ2v) is 7.19. The SMILES string of the molecule is CC(C)(C)NCC1CC1(C)CC1CCC1. The summed E-state index contributed by atoms with van der Waals surface area (Å²) in [5, 5.41) is 3.65. The zero-order valence-corrected chi connectivity index (χ0v) is 10.9. The third kappa shape index (κ3) is 2.96. The van der Waals surface area contributed by atoms with E-state index in [2.05, 4.69) is 33.0 Å². The van der Waals surface area contributed by atoms with Crippen molar-refractivity contribution in [2.45, 2.75) is 65.3 Å². The minimum absolute atomic E-state index is 0.292. The van der Waals surface area contributed by atoms with Crippen molar-refractivity contribution >= 4 is 0 Å². The van der Waals surface area contributed by atoms with Gasteiger partial charge in [0, 0.05) is 5.54 Å². The first-order chi connectivity index (χ1) is 6.89. The molecule has 0 spiro atoms. The largest absolute Gasteiger partial charge is 0.312 e. The minimum atomic E-state index is 0.292. The van der Waals surface area contributed by atoms with Gasteiger partial charge in [0.05, 0.1) is 0 Å². The van der Waals surface area contributed by atoms with Gasteiger partial charge in [-0.1, -0.05) is 26.2 Å². The lowest BCUT2D eigenvalue weighted by Crippen LogP contribution is -2.37. The van der Waals surface area contributed by atoms with E-state index in [0.29, 0.717) is 11.0 Å². The molecule has 2 atom stereocenters. The first-order valence-electron chi connectivity index (χ1n) is 6.64. The maximum atomic E-state index is 3.65. The van der Waals surface area contributed by atoms with Crippen LogP contribution in [0.15, 0.2) is 0 Å². The number of hydrogen-bond donors (Lipinski definition) is 1. The van der Waals surface area contributed by atoms with Gasteiger partial charge in [-0.25, -0.2) is 0 Å². The van der Waals surface area contributed by atoms with Crippen molar-refractivity contribution in [2.75, 3.05) is 6.54 Å². The third-order valence-electron chi connectivity index (χ3n) is 4.40. The van der Waals surface area contributed by atoms with E-state index in [-0.39, 0.29) is 0 Å². The number of rotatable bonds is 4. The van der Waals surface area contributed by atoms with Crippen molar-refractivity contribution in [2.24, 2.45) is 17.3 Å². The van der Waals surface area contributed by atoms with E-state index >= 15 is 0 Å². The molecule has 15 heavy (non-hydrogen) atoms. The lowest BCUT2D eigenvalue weighted by Gasteiger charge is -2.29. The molecule has 0 aromatic heterocycles. The molecule has 0 aromatic rings. The number of nitrogens with one attached hydrogen (secondary N) is 1. The highest BCUT2D eigenvalue weighted by molar-refractivity contribution is 5.02. The fourth-order valence-electron chi connectivity index (χ4n) is 2.86. The third-order valence-corrected chi connectivity index (χ3v) is 4.40. The van der Waals surface area contributed by atoms with Gasteiger partial charge in [-0.2, -0.15) is 0 Å². The molecule has 0 bridgehead atoms. The average Bonchev–Trinajstić information content (AvgIpc) is 2.66. The monoisotopic (exact) mass is 209 g/mol. The molecular formula is C14H27N. The molecule has 0 heterocycles. The predicted octanol–water partition coefficient (Wildman–Crippen LogP) is 3.59. The Kier molecular flexibility index (Phi) is 2.87. The summed E-state index contributed by atoms with van der Waals surface area (Å²) < 4.78 is 0. The van der Waals surface area contributed by atoms with Gasteiger partial charge in [0.2, 0.25) is 0 Å². The summed E-state index contributed by atoms with van der Waals surface area (Å²) in [5.74, 6) is 2.03. The average molecular weight is 209 g/mol. The van der Waals surface area contributed by atoms with Gasteiger partial charge < -0.3 is 5.32 Å². The molecule has 2 saturated carbocycles. The molecule has 0 aliphatic heterocycles. The lowest BCUT2D eigenvalue weighted by atomic mass is 9.77. The molecule has 0 amide bonds. The van der Waals surface area contributed by atoms with Gasteiger partial charge in [0.15, 0.2) is 0 Å².